The number of aryl methyl sites for hydroxylation is 1. The van der Waals surface area contributed by atoms with E-state index in [1.165, 1.54) is 6.07 Å². The van der Waals surface area contributed by atoms with Crippen LogP contribution in [0.25, 0.3) is 0 Å². The van der Waals surface area contributed by atoms with Crippen molar-refractivity contribution in [3.63, 3.8) is 0 Å². The lowest BCUT2D eigenvalue weighted by atomic mass is 10.2. The maximum Gasteiger partial charge on any atom is 0.310 e. The van der Waals surface area contributed by atoms with Crippen LogP contribution < -0.4 is 5.32 Å². The molecule has 0 aliphatic carbocycles. The topological polar surface area (TPSA) is 94.1 Å². The van der Waals surface area contributed by atoms with Crippen molar-refractivity contribution in [2.75, 3.05) is 5.32 Å². The number of benzene rings is 1. The lowest BCUT2D eigenvalue weighted by Crippen LogP contribution is -2.03. The van der Waals surface area contributed by atoms with Crippen molar-refractivity contribution in [3.8, 4) is 0 Å². The van der Waals surface area contributed by atoms with Gasteiger partial charge in [-0.2, -0.15) is 4.98 Å². The van der Waals surface area contributed by atoms with Crippen LogP contribution in [0.5, 0.6) is 0 Å². The van der Waals surface area contributed by atoms with Crippen molar-refractivity contribution < 1.29 is 9.45 Å². The molecule has 0 unspecified atom stereocenters. The fourth-order valence-electron chi connectivity index (χ4n) is 1.43. The number of nitrogens with one attached hydrogen (secondary N) is 1. The Bertz CT molecular complexity index is 584. The molecule has 1 aromatic carbocycles. The van der Waals surface area contributed by atoms with E-state index in [0.29, 0.717) is 17.4 Å². The van der Waals surface area contributed by atoms with Crippen LogP contribution >= 0.6 is 11.6 Å². The summed E-state index contributed by atoms with van der Waals surface area (Å²) in [5.41, 5.74) is 0.138. The molecule has 0 radical (unpaired) electrons. The molecule has 2 rings (SSSR count). The molecule has 0 saturated carbocycles. The van der Waals surface area contributed by atoms with Crippen LogP contribution in [-0.2, 0) is 6.54 Å². The van der Waals surface area contributed by atoms with Crippen molar-refractivity contribution in [2.24, 2.45) is 0 Å². The Balaban J connectivity index is 2.19. The van der Waals surface area contributed by atoms with Gasteiger partial charge in [-0.3, -0.25) is 10.1 Å². The number of nitro benzene ring substituents is 1. The zero-order valence-electron chi connectivity index (χ0n) is 9.38. The van der Waals surface area contributed by atoms with Gasteiger partial charge >= 0.3 is 5.69 Å². The third-order valence-corrected chi connectivity index (χ3v) is 2.47. The highest BCUT2D eigenvalue weighted by Crippen LogP contribution is 2.32. The lowest BCUT2D eigenvalue weighted by Gasteiger charge is -2.05. The Labute approximate surface area is 107 Å². The van der Waals surface area contributed by atoms with E-state index in [0.717, 1.165) is 0 Å². The number of nitrogens with zero attached hydrogens (tertiary/aromatic N) is 3. The summed E-state index contributed by atoms with van der Waals surface area (Å²) >= 11 is 5.78. The van der Waals surface area contributed by atoms with Crippen LogP contribution in [0.15, 0.2) is 22.7 Å². The zero-order chi connectivity index (χ0) is 13.1. The smallest absolute Gasteiger partial charge is 0.310 e. The van der Waals surface area contributed by atoms with Gasteiger partial charge in [0, 0.05) is 0 Å². The molecule has 0 bridgehead atoms. The molecule has 0 fully saturated rings. The van der Waals surface area contributed by atoms with Crippen LogP contribution in [0.2, 0.25) is 5.02 Å². The van der Waals surface area contributed by atoms with Crippen LogP contribution in [0.3, 0.4) is 0 Å². The number of hydrogen-bond acceptors (Lipinski definition) is 6. The van der Waals surface area contributed by atoms with Gasteiger partial charge in [0.2, 0.25) is 5.89 Å². The Morgan fingerprint density at radius 3 is 2.94 bits per heavy atom. The third kappa shape index (κ3) is 2.57. The summed E-state index contributed by atoms with van der Waals surface area (Å²) < 4.78 is 4.89. The van der Waals surface area contributed by atoms with Gasteiger partial charge in [0.1, 0.15) is 10.7 Å². The summed E-state index contributed by atoms with van der Waals surface area (Å²) in [7, 11) is 0. The molecule has 8 heteroatoms. The van der Waals surface area contributed by atoms with Gasteiger partial charge in [-0.15, -0.1) is 0 Å². The molecule has 2 aromatic rings. The minimum Gasteiger partial charge on any atom is -0.370 e. The Kier molecular flexibility index (Phi) is 3.42. The summed E-state index contributed by atoms with van der Waals surface area (Å²) in [6, 6.07) is 4.64. The number of hydrogen-bond donors (Lipinski definition) is 1. The molecular formula is C10H9ClN4O3. The van der Waals surface area contributed by atoms with Crippen molar-refractivity contribution in [2.45, 2.75) is 13.5 Å². The SMILES string of the molecule is Cc1noc(CNc2cccc(Cl)c2[N+](=O)[O-])n1. The Morgan fingerprint density at radius 1 is 1.56 bits per heavy atom. The van der Waals surface area contributed by atoms with E-state index in [2.05, 4.69) is 15.5 Å². The first-order chi connectivity index (χ1) is 8.58. The van der Waals surface area contributed by atoms with Gasteiger partial charge in [0.05, 0.1) is 11.5 Å². The predicted octanol–water partition coefficient (Wildman–Crippen LogP) is 2.55. The second-order valence-corrected chi connectivity index (χ2v) is 3.89. The van der Waals surface area contributed by atoms with Crippen molar-refractivity contribution in [1.82, 2.24) is 10.1 Å². The number of para-hydroxylation sites is 1. The number of rotatable bonds is 4. The fraction of sp³-hybridized carbons (Fsp3) is 0.200. The highest BCUT2D eigenvalue weighted by atomic mass is 35.5. The monoisotopic (exact) mass is 268 g/mol. The average molecular weight is 269 g/mol. The van der Waals surface area contributed by atoms with Crippen LogP contribution in [-0.4, -0.2) is 15.1 Å². The van der Waals surface area contributed by atoms with Gasteiger partial charge < -0.3 is 9.84 Å². The summed E-state index contributed by atoms with van der Waals surface area (Å²) in [4.78, 5) is 14.3. The van der Waals surface area contributed by atoms with E-state index in [-0.39, 0.29) is 17.3 Å². The summed E-state index contributed by atoms with van der Waals surface area (Å²) in [6.45, 7) is 1.89. The second-order valence-electron chi connectivity index (χ2n) is 3.48. The highest BCUT2D eigenvalue weighted by Gasteiger charge is 2.18. The fourth-order valence-corrected chi connectivity index (χ4v) is 1.67. The molecule has 0 aliphatic rings. The number of anilines is 1. The molecule has 1 N–H and O–H groups in total. The van der Waals surface area contributed by atoms with Crippen LogP contribution in [0.1, 0.15) is 11.7 Å². The first-order valence-electron chi connectivity index (χ1n) is 5.04. The molecule has 0 atom stereocenters. The summed E-state index contributed by atoms with van der Waals surface area (Å²) in [6.07, 6.45) is 0. The minimum absolute atomic E-state index is 0.0757. The van der Waals surface area contributed by atoms with E-state index in [9.17, 15) is 10.1 Å². The summed E-state index contributed by atoms with van der Waals surface area (Å²) in [5, 5.41) is 17.4. The normalized spacial score (nSPS) is 10.3. The van der Waals surface area contributed by atoms with E-state index in [4.69, 9.17) is 16.1 Å². The number of halogens is 1. The van der Waals surface area contributed by atoms with Gasteiger partial charge in [-0.05, 0) is 19.1 Å². The number of aromatic nitrogens is 2. The Morgan fingerprint density at radius 2 is 2.33 bits per heavy atom. The number of nitro groups is 1. The second kappa shape index (κ2) is 5.01. The van der Waals surface area contributed by atoms with Gasteiger partial charge in [0.25, 0.3) is 0 Å². The highest BCUT2D eigenvalue weighted by molar-refractivity contribution is 6.33. The molecular weight excluding hydrogens is 260 g/mol. The molecule has 94 valence electrons. The average Bonchev–Trinajstić information content (AvgIpc) is 2.72. The van der Waals surface area contributed by atoms with Crippen LogP contribution in [0, 0.1) is 17.0 Å². The molecule has 0 amide bonds. The molecule has 7 nitrogen and oxygen atoms in total. The molecule has 0 aliphatic heterocycles. The first-order valence-corrected chi connectivity index (χ1v) is 5.41. The van der Waals surface area contributed by atoms with Gasteiger partial charge in [-0.25, -0.2) is 0 Å². The standard InChI is InChI=1S/C10H9ClN4O3/c1-6-13-9(18-14-6)5-12-8-4-2-3-7(11)10(8)15(16)17/h2-4,12H,5H2,1H3. The molecule has 0 spiro atoms. The van der Waals surface area contributed by atoms with E-state index in [1.807, 2.05) is 0 Å². The van der Waals surface area contributed by atoms with Crippen molar-refractivity contribution in [3.05, 3.63) is 45.1 Å². The molecule has 0 saturated heterocycles. The van der Waals surface area contributed by atoms with Gasteiger partial charge in [-0.1, -0.05) is 22.8 Å². The minimum atomic E-state index is -0.538. The largest absolute Gasteiger partial charge is 0.370 e. The first kappa shape index (κ1) is 12.3. The maximum absolute atomic E-state index is 10.9. The predicted molar refractivity (Wildman–Crippen MR) is 64.5 cm³/mol. The van der Waals surface area contributed by atoms with Crippen molar-refractivity contribution in [1.29, 1.82) is 0 Å². The van der Waals surface area contributed by atoms with Crippen LogP contribution in [0.4, 0.5) is 11.4 Å². The lowest BCUT2D eigenvalue weighted by molar-refractivity contribution is -0.383. The van der Waals surface area contributed by atoms with Crippen molar-refractivity contribution >= 4 is 23.0 Å². The third-order valence-electron chi connectivity index (χ3n) is 2.17. The maximum atomic E-state index is 10.9. The van der Waals surface area contributed by atoms with E-state index in [1.54, 1.807) is 19.1 Å². The zero-order valence-corrected chi connectivity index (χ0v) is 10.1. The van der Waals surface area contributed by atoms with E-state index < -0.39 is 4.92 Å². The Hall–Kier alpha value is -2.15. The van der Waals surface area contributed by atoms with E-state index >= 15 is 0 Å². The molecule has 1 heterocycles. The molecule has 18 heavy (non-hydrogen) atoms. The molecule has 1 aromatic heterocycles. The van der Waals surface area contributed by atoms with Gasteiger partial charge in [0.15, 0.2) is 5.82 Å². The quantitative estimate of drug-likeness (QED) is 0.676. The summed E-state index contributed by atoms with van der Waals surface area (Å²) in [5.74, 6) is 0.856.